The molecule has 0 aliphatic carbocycles. The van der Waals surface area contributed by atoms with Gasteiger partial charge in [0.2, 0.25) is 5.95 Å². The lowest BCUT2D eigenvalue weighted by Gasteiger charge is -2.30. The highest BCUT2D eigenvalue weighted by Crippen LogP contribution is 2.32. The number of anilines is 2. The second-order valence-electron chi connectivity index (χ2n) is 8.29. The number of rotatable bonds is 4. The molecule has 2 aromatic heterocycles. The number of amides is 2. The predicted octanol–water partition coefficient (Wildman–Crippen LogP) is 4.05. The van der Waals surface area contributed by atoms with E-state index in [1.54, 1.807) is 18.5 Å². The number of benzene rings is 1. The van der Waals surface area contributed by atoms with E-state index in [9.17, 15) is 9.59 Å². The van der Waals surface area contributed by atoms with Crippen molar-refractivity contribution in [1.82, 2.24) is 19.8 Å². The maximum absolute atomic E-state index is 13.6. The smallest absolute Gasteiger partial charge is 0.263 e. The monoisotopic (exact) mass is 447 g/mol. The molecule has 2 saturated heterocycles. The highest BCUT2D eigenvalue weighted by Gasteiger charge is 2.41. The number of thiophene rings is 1. The van der Waals surface area contributed by atoms with Crippen molar-refractivity contribution in [2.45, 2.75) is 25.3 Å². The Morgan fingerprint density at radius 2 is 1.88 bits per heavy atom. The number of carbonyl (C=O) groups is 2. The summed E-state index contributed by atoms with van der Waals surface area (Å²) in [6, 6.07) is 13.1. The minimum atomic E-state index is 0.0185. The average Bonchev–Trinajstić information content (AvgIpc) is 3.46. The first kappa shape index (κ1) is 20.6. The maximum atomic E-state index is 13.6. The molecule has 0 saturated carbocycles. The van der Waals surface area contributed by atoms with Gasteiger partial charge in [0.25, 0.3) is 11.8 Å². The minimum absolute atomic E-state index is 0.0185. The zero-order valence-corrected chi connectivity index (χ0v) is 18.5. The first-order valence-electron chi connectivity index (χ1n) is 11.0. The van der Waals surface area contributed by atoms with E-state index in [2.05, 4.69) is 15.3 Å². The predicted molar refractivity (Wildman–Crippen MR) is 124 cm³/mol. The van der Waals surface area contributed by atoms with Gasteiger partial charge >= 0.3 is 0 Å². The molecular weight excluding hydrogens is 422 g/mol. The molecular formula is C24H25N5O2S. The van der Waals surface area contributed by atoms with Crippen LogP contribution >= 0.6 is 11.3 Å². The second-order valence-corrected chi connectivity index (χ2v) is 9.24. The van der Waals surface area contributed by atoms with Crippen molar-refractivity contribution in [3.05, 3.63) is 70.7 Å². The number of hydrogen-bond donors (Lipinski definition) is 1. The van der Waals surface area contributed by atoms with Gasteiger partial charge in [-0.15, -0.1) is 11.3 Å². The third-order valence-corrected chi connectivity index (χ3v) is 7.10. The zero-order valence-electron chi connectivity index (χ0n) is 17.7. The van der Waals surface area contributed by atoms with Gasteiger partial charge in [0.05, 0.1) is 10.9 Å². The molecule has 2 fully saturated rings. The van der Waals surface area contributed by atoms with Crippen LogP contribution in [-0.4, -0.2) is 57.3 Å². The van der Waals surface area contributed by atoms with Crippen LogP contribution in [0.4, 0.5) is 11.6 Å². The van der Waals surface area contributed by atoms with Gasteiger partial charge in [-0.2, -0.15) is 0 Å². The van der Waals surface area contributed by atoms with Gasteiger partial charge in [0.15, 0.2) is 0 Å². The molecule has 5 rings (SSSR count). The lowest BCUT2D eigenvalue weighted by atomic mass is 9.98. The van der Waals surface area contributed by atoms with Crippen LogP contribution in [0.2, 0.25) is 0 Å². The highest BCUT2D eigenvalue weighted by atomic mass is 32.1. The van der Waals surface area contributed by atoms with Crippen molar-refractivity contribution in [3.63, 3.8) is 0 Å². The highest BCUT2D eigenvalue weighted by molar-refractivity contribution is 7.12. The van der Waals surface area contributed by atoms with Crippen LogP contribution in [0.15, 0.2) is 60.2 Å². The van der Waals surface area contributed by atoms with Gasteiger partial charge in [0, 0.05) is 43.3 Å². The second kappa shape index (κ2) is 9.08. The van der Waals surface area contributed by atoms with Crippen LogP contribution in [0.1, 0.15) is 39.3 Å². The Kier molecular flexibility index (Phi) is 5.85. The number of nitrogens with zero attached hydrogens (tertiary/aromatic N) is 4. The lowest BCUT2D eigenvalue weighted by Crippen LogP contribution is -2.44. The molecule has 4 heterocycles. The largest absolute Gasteiger partial charge is 0.336 e. The molecule has 2 aliphatic rings. The summed E-state index contributed by atoms with van der Waals surface area (Å²) in [6.45, 7) is 2.04. The number of nitrogens with one attached hydrogen (secondary N) is 1. The number of fused-ring (bicyclic) bond motifs is 1. The van der Waals surface area contributed by atoms with Gasteiger partial charge < -0.3 is 15.1 Å². The minimum Gasteiger partial charge on any atom is -0.336 e. The third kappa shape index (κ3) is 4.23. The standard InChI is InChI=1S/C24H25N5O2S/c30-22(17-7-3-8-19(14-17)27-24-25-10-5-11-26-24)29-12-2-1-6-18-15-28(16-20(18)29)23(31)21-9-4-13-32-21/h3-5,7-11,13-14,18,20H,1-2,6,12,15-16H2,(H,25,26,27)/t18-,20+/m0/s1. The van der Waals surface area contributed by atoms with Crippen LogP contribution < -0.4 is 5.32 Å². The summed E-state index contributed by atoms with van der Waals surface area (Å²) in [5.74, 6) is 0.911. The Hall–Kier alpha value is -3.26. The van der Waals surface area contributed by atoms with Crippen LogP contribution in [0.25, 0.3) is 0 Å². The normalized spacial score (nSPS) is 20.5. The van der Waals surface area contributed by atoms with Crippen LogP contribution in [0.5, 0.6) is 0 Å². The fraction of sp³-hybridized carbons (Fsp3) is 0.333. The molecule has 0 spiro atoms. The fourth-order valence-corrected chi connectivity index (χ4v) is 5.40. The molecule has 8 heteroatoms. The number of aromatic nitrogens is 2. The van der Waals surface area contributed by atoms with Gasteiger partial charge in [-0.05, 0) is 54.5 Å². The average molecular weight is 448 g/mol. The fourth-order valence-electron chi connectivity index (χ4n) is 4.71. The van der Waals surface area contributed by atoms with Crippen LogP contribution in [-0.2, 0) is 0 Å². The topological polar surface area (TPSA) is 78.4 Å². The van der Waals surface area contributed by atoms with E-state index in [1.165, 1.54) is 11.3 Å². The number of hydrogen-bond acceptors (Lipinski definition) is 6. The van der Waals surface area contributed by atoms with E-state index in [-0.39, 0.29) is 17.9 Å². The summed E-state index contributed by atoms with van der Waals surface area (Å²) in [4.78, 5) is 39.5. The van der Waals surface area contributed by atoms with E-state index in [0.717, 1.165) is 42.9 Å². The Balaban J connectivity index is 1.34. The summed E-state index contributed by atoms with van der Waals surface area (Å²) >= 11 is 1.47. The van der Waals surface area contributed by atoms with E-state index in [0.29, 0.717) is 24.0 Å². The van der Waals surface area contributed by atoms with E-state index < -0.39 is 0 Å². The molecule has 32 heavy (non-hydrogen) atoms. The molecule has 0 radical (unpaired) electrons. The Labute approximate surface area is 191 Å². The lowest BCUT2D eigenvalue weighted by molar-refractivity contribution is 0.0647. The van der Waals surface area contributed by atoms with E-state index in [4.69, 9.17) is 0 Å². The Morgan fingerprint density at radius 1 is 1.00 bits per heavy atom. The zero-order chi connectivity index (χ0) is 21.9. The molecule has 1 N–H and O–H groups in total. The Morgan fingerprint density at radius 3 is 2.69 bits per heavy atom. The van der Waals surface area contributed by atoms with Crippen molar-refractivity contribution >= 4 is 34.8 Å². The molecule has 0 bridgehead atoms. The number of likely N-dealkylation sites (tertiary alicyclic amines) is 2. The van der Waals surface area contributed by atoms with Crippen LogP contribution in [0, 0.1) is 5.92 Å². The molecule has 1 aromatic carbocycles. The SMILES string of the molecule is O=C(c1cccs1)N1C[C@@H]2CCCCN(C(=O)c3cccc(Nc4ncccn4)c3)[C@@H]2C1. The van der Waals surface area contributed by atoms with Crippen molar-refractivity contribution in [2.75, 3.05) is 25.0 Å². The maximum Gasteiger partial charge on any atom is 0.263 e. The van der Waals surface area contributed by atoms with Gasteiger partial charge in [-0.1, -0.05) is 18.6 Å². The van der Waals surface area contributed by atoms with Crippen molar-refractivity contribution in [1.29, 1.82) is 0 Å². The summed E-state index contributed by atoms with van der Waals surface area (Å²) in [5, 5.41) is 5.08. The molecule has 7 nitrogen and oxygen atoms in total. The molecule has 2 atom stereocenters. The van der Waals surface area contributed by atoms with Gasteiger partial charge in [-0.3, -0.25) is 9.59 Å². The van der Waals surface area contributed by atoms with Gasteiger partial charge in [-0.25, -0.2) is 9.97 Å². The number of carbonyl (C=O) groups excluding carboxylic acids is 2. The van der Waals surface area contributed by atoms with E-state index >= 15 is 0 Å². The quantitative estimate of drug-likeness (QED) is 0.653. The van der Waals surface area contributed by atoms with Crippen LogP contribution in [0.3, 0.4) is 0 Å². The first-order valence-corrected chi connectivity index (χ1v) is 11.8. The molecule has 0 unspecified atom stereocenters. The first-order chi connectivity index (χ1) is 15.7. The van der Waals surface area contributed by atoms with Gasteiger partial charge in [0.1, 0.15) is 0 Å². The summed E-state index contributed by atoms with van der Waals surface area (Å²) < 4.78 is 0. The summed E-state index contributed by atoms with van der Waals surface area (Å²) in [5.41, 5.74) is 1.41. The molecule has 2 aliphatic heterocycles. The Bertz CT molecular complexity index is 1090. The molecule has 3 aromatic rings. The van der Waals surface area contributed by atoms with Crippen molar-refractivity contribution in [2.24, 2.45) is 5.92 Å². The third-order valence-electron chi connectivity index (χ3n) is 6.24. The molecule has 164 valence electrons. The van der Waals surface area contributed by atoms with Crippen molar-refractivity contribution < 1.29 is 9.59 Å². The van der Waals surface area contributed by atoms with Crippen molar-refractivity contribution in [3.8, 4) is 0 Å². The van der Waals surface area contributed by atoms with E-state index in [1.807, 2.05) is 51.6 Å². The summed E-state index contributed by atoms with van der Waals surface area (Å²) in [6.07, 6.45) is 6.47. The summed E-state index contributed by atoms with van der Waals surface area (Å²) in [7, 11) is 0. The molecule has 2 amide bonds.